The second-order valence-electron chi connectivity index (χ2n) is 12.3. The summed E-state index contributed by atoms with van der Waals surface area (Å²) in [4.78, 5) is 20.1. The molecule has 10 rings (SSSR count). The molecule has 10 aromatic rings. The summed E-state index contributed by atoms with van der Waals surface area (Å²) in [5, 5.41) is 4.91. The standard InChI is InChI=1S/C44H27N5S/c1-3-12-28(13-4-1)41-46-42(29-14-5-2-6-15-29)48-43(47-41)35-18-11-25-45-44(35)49-37-19-9-7-16-32(37)33-23-21-31(27-38(33)49)30-22-24-40-36(26-30)34-17-8-10-20-39(34)50-40/h1-27H. The Morgan fingerprint density at radius 2 is 1.00 bits per heavy atom. The van der Waals surface area contributed by atoms with Gasteiger partial charge >= 0.3 is 0 Å². The zero-order valence-corrected chi connectivity index (χ0v) is 27.5. The number of thiophene rings is 1. The van der Waals surface area contributed by atoms with E-state index in [0.29, 0.717) is 17.5 Å². The van der Waals surface area contributed by atoms with Crippen LogP contribution in [0.2, 0.25) is 0 Å². The summed E-state index contributed by atoms with van der Waals surface area (Å²) in [6.45, 7) is 0. The Hall–Kier alpha value is -6.50. The first-order valence-electron chi connectivity index (χ1n) is 16.6. The van der Waals surface area contributed by atoms with Crippen molar-refractivity contribution in [1.82, 2.24) is 24.5 Å². The number of para-hydroxylation sites is 1. The Bertz CT molecular complexity index is 2820. The molecule has 0 aliphatic heterocycles. The molecule has 0 fully saturated rings. The van der Waals surface area contributed by atoms with Gasteiger partial charge < -0.3 is 0 Å². The number of pyridine rings is 1. The quantitative estimate of drug-likeness (QED) is 0.185. The van der Waals surface area contributed by atoms with Crippen molar-refractivity contribution >= 4 is 53.3 Å². The van der Waals surface area contributed by atoms with Crippen LogP contribution in [0.3, 0.4) is 0 Å². The van der Waals surface area contributed by atoms with Crippen LogP contribution in [0.25, 0.3) is 93.1 Å². The van der Waals surface area contributed by atoms with Gasteiger partial charge in [0.25, 0.3) is 0 Å². The largest absolute Gasteiger partial charge is 0.293 e. The van der Waals surface area contributed by atoms with Crippen LogP contribution in [0.15, 0.2) is 164 Å². The third kappa shape index (κ3) is 4.69. The van der Waals surface area contributed by atoms with Gasteiger partial charge in [-0.1, -0.05) is 115 Å². The lowest BCUT2D eigenvalue weighted by Gasteiger charge is -2.14. The number of fused-ring (bicyclic) bond motifs is 6. The summed E-state index contributed by atoms with van der Waals surface area (Å²) < 4.78 is 4.86. The fraction of sp³-hybridized carbons (Fsp3) is 0. The fourth-order valence-corrected chi connectivity index (χ4v) is 8.05. The Balaban J connectivity index is 1.20. The summed E-state index contributed by atoms with van der Waals surface area (Å²) in [5.41, 5.74) is 7.14. The van der Waals surface area contributed by atoms with E-state index in [9.17, 15) is 0 Å². The molecule has 0 bridgehead atoms. The maximum Gasteiger partial charge on any atom is 0.167 e. The van der Waals surface area contributed by atoms with Crippen LogP contribution in [-0.4, -0.2) is 24.5 Å². The number of aromatic nitrogens is 5. The van der Waals surface area contributed by atoms with E-state index in [4.69, 9.17) is 19.9 Å². The van der Waals surface area contributed by atoms with E-state index in [1.54, 1.807) is 0 Å². The predicted octanol–water partition coefficient (Wildman–Crippen LogP) is 11.4. The average molecular weight is 658 g/mol. The molecule has 6 aromatic carbocycles. The summed E-state index contributed by atoms with van der Waals surface area (Å²) in [5.74, 6) is 2.56. The number of nitrogens with zero attached hydrogens (tertiary/aromatic N) is 5. The number of hydrogen-bond acceptors (Lipinski definition) is 5. The molecule has 0 unspecified atom stereocenters. The van der Waals surface area contributed by atoms with Gasteiger partial charge in [-0.3, -0.25) is 4.57 Å². The van der Waals surface area contributed by atoms with Gasteiger partial charge in [0.1, 0.15) is 5.82 Å². The summed E-state index contributed by atoms with van der Waals surface area (Å²) >= 11 is 1.84. The van der Waals surface area contributed by atoms with Crippen LogP contribution >= 0.6 is 11.3 Å². The van der Waals surface area contributed by atoms with Crippen LogP contribution in [0.4, 0.5) is 0 Å². The zero-order valence-electron chi connectivity index (χ0n) is 26.7. The Morgan fingerprint density at radius 1 is 0.400 bits per heavy atom. The molecule has 4 aromatic heterocycles. The molecular weight excluding hydrogens is 631 g/mol. The molecule has 0 spiro atoms. The van der Waals surface area contributed by atoms with Crippen LogP contribution in [0.1, 0.15) is 0 Å². The van der Waals surface area contributed by atoms with Gasteiger partial charge in [-0.05, 0) is 53.6 Å². The van der Waals surface area contributed by atoms with Crippen molar-refractivity contribution in [2.75, 3.05) is 0 Å². The van der Waals surface area contributed by atoms with Crippen LogP contribution < -0.4 is 0 Å². The van der Waals surface area contributed by atoms with Crippen LogP contribution in [0, 0.1) is 0 Å². The van der Waals surface area contributed by atoms with Crippen molar-refractivity contribution in [2.24, 2.45) is 0 Å². The number of rotatable bonds is 5. The topological polar surface area (TPSA) is 56.5 Å². The highest BCUT2D eigenvalue weighted by Gasteiger charge is 2.20. The molecule has 0 aliphatic rings. The lowest BCUT2D eigenvalue weighted by atomic mass is 10.0. The van der Waals surface area contributed by atoms with Crippen molar-refractivity contribution in [3.05, 3.63) is 164 Å². The molecule has 0 saturated heterocycles. The Morgan fingerprint density at radius 3 is 1.78 bits per heavy atom. The lowest BCUT2D eigenvalue weighted by Crippen LogP contribution is -2.05. The third-order valence-corrected chi connectivity index (χ3v) is 10.5. The molecule has 6 heteroatoms. The van der Waals surface area contributed by atoms with E-state index in [1.165, 1.54) is 25.7 Å². The van der Waals surface area contributed by atoms with E-state index < -0.39 is 0 Å². The van der Waals surface area contributed by atoms with E-state index in [-0.39, 0.29) is 0 Å². The van der Waals surface area contributed by atoms with Crippen molar-refractivity contribution < 1.29 is 0 Å². The van der Waals surface area contributed by atoms with Gasteiger partial charge in [-0.15, -0.1) is 11.3 Å². The summed E-state index contributed by atoms with van der Waals surface area (Å²) in [6.07, 6.45) is 1.84. The molecule has 5 nitrogen and oxygen atoms in total. The Kier molecular flexibility index (Phi) is 6.60. The molecule has 0 amide bonds. The van der Waals surface area contributed by atoms with Gasteiger partial charge in [0, 0.05) is 48.3 Å². The molecule has 0 atom stereocenters. The first-order valence-corrected chi connectivity index (χ1v) is 17.4. The minimum Gasteiger partial charge on any atom is -0.293 e. The highest BCUT2D eigenvalue weighted by molar-refractivity contribution is 7.25. The zero-order chi connectivity index (χ0) is 33.0. The normalized spacial score (nSPS) is 11.6. The Labute approximate surface area is 291 Å². The van der Waals surface area contributed by atoms with E-state index in [2.05, 4.69) is 95.6 Å². The maximum absolute atomic E-state index is 5.07. The van der Waals surface area contributed by atoms with Crippen LogP contribution in [0.5, 0.6) is 0 Å². The molecule has 50 heavy (non-hydrogen) atoms. The van der Waals surface area contributed by atoms with Gasteiger partial charge in [-0.25, -0.2) is 19.9 Å². The molecule has 234 valence electrons. The lowest BCUT2D eigenvalue weighted by molar-refractivity contribution is 1.04. The monoisotopic (exact) mass is 657 g/mol. The van der Waals surface area contributed by atoms with Crippen molar-refractivity contribution in [2.45, 2.75) is 0 Å². The SMILES string of the molecule is c1ccc(-c2nc(-c3ccccc3)nc(-c3cccnc3-n3c4ccccc4c4ccc(-c5ccc6sc7ccccc7c6c5)cc43)n2)cc1. The van der Waals surface area contributed by atoms with Crippen molar-refractivity contribution in [1.29, 1.82) is 0 Å². The first kappa shape index (κ1) is 28.5. The summed E-state index contributed by atoms with van der Waals surface area (Å²) in [7, 11) is 0. The second kappa shape index (κ2) is 11.6. The smallest absolute Gasteiger partial charge is 0.167 e. The van der Waals surface area contributed by atoms with Gasteiger partial charge in [0.2, 0.25) is 0 Å². The molecule has 0 radical (unpaired) electrons. The van der Waals surface area contributed by atoms with Crippen molar-refractivity contribution in [3.8, 4) is 51.1 Å². The fourth-order valence-electron chi connectivity index (χ4n) is 6.96. The van der Waals surface area contributed by atoms with E-state index >= 15 is 0 Å². The molecule has 0 saturated carbocycles. The van der Waals surface area contributed by atoms with Gasteiger partial charge in [0.05, 0.1) is 16.6 Å². The maximum atomic E-state index is 5.07. The third-order valence-electron chi connectivity index (χ3n) is 9.32. The van der Waals surface area contributed by atoms with E-state index in [0.717, 1.165) is 49.9 Å². The van der Waals surface area contributed by atoms with E-state index in [1.807, 2.05) is 84.3 Å². The predicted molar refractivity (Wildman–Crippen MR) is 207 cm³/mol. The van der Waals surface area contributed by atoms with Crippen LogP contribution in [-0.2, 0) is 0 Å². The van der Waals surface area contributed by atoms with Gasteiger partial charge in [0.15, 0.2) is 17.5 Å². The minimum atomic E-state index is 0.567. The highest BCUT2D eigenvalue weighted by Crippen LogP contribution is 2.39. The number of hydrogen-bond donors (Lipinski definition) is 0. The average Bonchev–Trinajstić information content (AvgIpc) is 3.73. The second-order valence-corrected chi connectivity index (χ2v) is 13.4. The minimum absolute atomic E-state index is 0.567. The first-order chi connectivity index (χ1) is 24.8. The molecular formula is C44H27N5S. The number of benzene rings is 6. The molecule has 0 N–H and O–H groups in total. The molecule has 4 heterocycles. The molecule has 0 aliphatic carbocycles. The van der Waals surface area contributed by atoms with Crippen molar-refractivity contribution in [3.63, 3.8) is 0 Å². The van der Waals surface area contributed by atoms with Gasteiger partial charge in [-0.2, -0.15) is 0 Å². The summed E-state index contributed by atoms with van der Waals surface area (Å²) in [6, 6.07) is 54.9. The highest BCUT2D eigenvalue weighted by atomic mass is 32.1.